The fourth-order valence-corrected chi connectivity index (χ4v) is 1.70. The zero-order chi connectivity index (χ0) is 12.8. The van der Waals surface area contributed by atoms with Gasteiger partial charge in [-0.2, -0.15) is 5.10 Å². The van der Waals surface area contributed by atoms with E-state index in [0.717, 1.165) is 12.0 Å². The van der Waals surface area contributed by atoms with Crippen molar-refractivity contribution in [1.82, 2.24) is 5.43 Å². The molecule has 0 fully saturated rings. The Kier molecular flexibility index (Phi) is 3.91. The van der Waals surface area contributed by atoms with E-state index in [9.17, 15) is 4.79 Å². The summed E-state index contributed by atoms with van der Waals surface area (Å²) in [5.74, 6) is -0.927. The van der Waals surface area contributed by atoms with Crippen LogP contribution in [0.4, 0.5) is 0 Å². The molecule has 4 nitrogen and oxygen atoms in total. The van der Waals surface area contributed by atoms with Crippen LogP contribution in [0, 0.1) is 0 Å². The normalized spacial score (nSPS) is 15.1. The SMILES string of the molecule is O=C(O)C1=C(N/N=C\c2ccccc2)CCC=C1. The molecule has 0 spiro atoms. The Morgan fingerprint density at radius 3 is 2.83 bits per heavy atom. The number of hydrogen-bond donors (Lipinski definition) is 2. The average Bonchev–Trinajstić information content (AvgIpc) is 2.40. The van der Waals surface area contributed by atoms with Crippen LogP contribution in [0.15, 0.2) is 58.9 Å². The molecule has 0 bridgehead atoms. The van der Waals surface area contributed by atoms with Crippen LogP contribution >= 0.6 is 0 Å². The quantitative estimate of drug-likeness (QED) is 0.629. The Labute approximate surface area is 105 Å². The van der Waals surface area contributed by atoms with Gasteiger partial charge in [0.15, 0.2) is 0 Å². The minimum absolute atomic E-state index is 0.284. The van der Waals surface area contributed by atoms with Crippen LogP contribution in [-0.2, 0) is 4.79 Å². The minimum atomic E-state index is -0.927. The van der Waals surface area contributed by atoms with Gasteiger partial charge in [-0.15, -0.1) is 0 Å². The van der Waals surface area contributed by atoms with Gasteiger partial charge < -0.3 is 5.11 Å². The predicted octanol–water partition coefficient (Wildman–Crippen LogP) is 2.30. The summed E-state index contributed by atoms with van der Waals surface area (Å²) in [6.45, 7) is 0. The number of carbonyl (C=O) groups is 1. The number of benzene rings is 1. The number of nitrogens with zero attached hydrogens (tertiary/aromatic N) is 1. The van der Waals surface area contributed by atoms with E-state index in [1.165, 1.54) is 0 Å². The molecule has 4 heteroatoms. The largest absolute Gasteiger partial charge is 0.478 e. The Morgan fingerprint density at radius 1 is 1.33 bits per heavy atom. The molecule has 1 aliphatic rings. The standard InChI is InChI=1S/C14H14N2O2/c17-14(18)12-8-4-5-9-13(12)16-15-10-11-6-2-1-3-7-11/h1-4,6-8,10,16H,5,9H2,(H,17,18)/b15-10-. The fraction of sp³-hybridized carbons (Fsp3) is 0.143. The lowest BCUT2D eigenvalue weighted by molar-refractivity contribution is -0.132. The highest BCUT2D eigenvalue weighted by atomic mass is 16.4. The summed E-state index contributed by atoms with van der Waals surface area (Å²) in [6.07, 6.45) is 6.65. The molecule has 1 aromatic rings. The van der Waals surface area contributed by atoms with E-state index in [1.54, 1.807) is 12.3 Å². The molecule has 1 aromatic carbocycles. The zero-order valence-corrected chi connectivity index (χ0v) is 9.84. The summed E-state index contributed by atoms with van der Waals surface area (Å²) in [7, 11) is 0. The Bertz CT molecular complexity index is 516. The van der Waals surface area contributed by atoms with Crippen LogP contribution in [0.5, 0.6) is 0 Å². The molecule has 2 rings (SSSR count). The first-order valence-corrected chi connectivity index (χ1v) is 5.74. The lowest BCUT2D eigenvalue weighted by atomic mass is 10.0. The summed E-state index contributed by atoms with van der Waals surface area (Å²) >= 11 is 0. The van der Waals surface area contributed by atoms with Gasteiger partial charge >= 0.3 is 5.97 Å². The van der Waals surface area contributed by atoms with Gasteiger partial charge in [-0.1, -0.05) is 36.4 Å². The monoisotopic (exact) mass is 242 g/mol. The maximum Gasteiger partial charge on any atom is 0.337 e. The first-order valence-electron chi connectivity index (χ1n) is 5.74. The molecule has 0 unspecified atom stereocenters. The summed E-state index contributed by atoms with van der Waals surface area (Å²) in [4.78, 5) is 11.0. The Balaban J connectivity index is 2.07. The van der Waals surface area contributed by atoms with Crippen molar-refractivity contribution in [2.75, 3.05) is 0 Å². The van der Waals surface area contributed by atoms with Gasteiger partial charge in [-0.3, -0.25) is 5.43 Å². The van der Waals surface area contributed by atoms with E-state index >= 15 is 0 Å². The van der Waals surface area contributed by atoms with Crippen molar-refractivity contribution in [3.63, 3.8) is 0 Å². The lowest BCUT2D eigenvalue weighted by Gasteiger charge is -2.12. The number of rotatable bonds is 4. The van der Waals surface area contributed by atoms with E-state index < -0.39 is 5.97 Å². The van der Waals surface area contributed by atoms with Crippen LogP contribution in [0.3, 0.4) is 0 Å². The third kappa shape index (κ3) is 3.07. The van der Waals surface area contributed by atoms with E-state index in [0.29, 0.717) is 12.1 Å². The molecule has 18 heavy (non-hydrogen) atoms. The summed E-state index contributed by atoms with van der Waals surface area (Å²) in [6, 6.07) is 9.64. The fourth-order valence-electron chi connectivity index (χ4n) is 1.70. The number of hydrogen-bond acceptors (Lipinski definition) is 3. The zero-order valence-electron chi connectivity index (χ0n) is 9.84. The number of hydrazone groups is 1. The second-order valence-corrected chi connectivity index (χ2v) is 3.92. The second kappa shape index (κ2) is 5.82. The van der Waals surface area contributed by atoms with Gasteiger partial charge in [-0.05, 0) is 24.5 Å². The van der Waals surface area contributed by atoms with Crippen molar-refractivity contribution >= 4 is 12.2 Å². The summed E-state index contributed by atoms with van der Waals surface area (Å²) < 4.78 is 0. The highest BCUT2D eigenvalue weighted by Crippen LogP contribution is 2.16. The summed E-state index contributed by atoms with van der Waals surface area (Å²) in [5, 5.41) is 13.1. The second-order valence-electron chi connectivity index (χ2n) is 3.92. The molecule has 0 radical (unpaired) electrons. The average molecular weight is 242 g/mol. The van der Waals surface area contributed by atoms with E-state index in [1.807, 2.05) is 36.4 Å². The van der Waals surface area contributed by atoms with Crippen molar-refractivity contribution in [3.8, 4) is 0 Å². The van der Waals surface area contributed by atoms with Crippen LogP contribution in [0.1, 0.15) is 18.4 Å². The van der Waals surface area contributed by atoms with E-state index in [2.05, 4.69) is 10.5 Å². The first-order chi connectivity index (χ1) is 8.77. The van der Waals surface area contributed by atoms with Crippen molar-refractivity contribution < 1.29 is 9.90 Å². The molecule has 0 saturated carbocycles. The Morgan fingerprint density at radius 2 is 2.11 bits per heavy atom. The van der Waals surface area contributed by atoms with Gasteiger partial charge in [0.25, 0.3) is 0 Å². The van der Waals surface area contributed by atoms with Crippen molar-refractivity contribution in [2.24, 2.45) is 5.10 Å². The molecule has 0 aliphatic heterocycles. The number of allylic oxidation sites excluding steroid dienone is 2. The van der Waals surface area contributed by atoms with Crippen LogP contribution in [0.2, 0.25) is 0 Å². The van der Waals surface area contributed by atoms with Gasteiger partial charge in [0, 0.05) is 5.70 Å². The van der Waals surface area contributed by atoms with Crippen molar-refractivity contribution in [3.05, 3.63) is 59.3 Å². The molecule has 2 N–H and O–H groups in total. The minimum Gasteiger partial charge on any atom is -0.478 e. The maximum atomic E-state index is 11.0. The van der Waals surface area contributed by atoms with Gasteiger partial charge in [0.1, 0.15) is 0 Å². The Hall–Kier alpha value is -2.36. The molecule has 0 saturated heterocycles. The topological polar surface area (TPSA) is 61.7 Å². The molecule has 0 heterocycles. The van der Waals surface area contributed by atoms with Gasteiger partial charge in [0.05, 0.1) is 11.8 Å². The lowest BCUT2D eigenvalue weighted by Crippen LogP contribution is -2.15. The summed E-state index contributed by atoms with van der Waals surface area (Å²) in [5.41, 5.74) is 4.72. The van der Waals surface area contributed by atoms with Gasteiger partial charge in [0.2, 0.25) is 0 Å². The van der Waals surface area contributed by atoms with Crippen LogP contribution < -0.4 is 5.43 Å². The number of carboxylic acid groups (broad SMARTS) is 1. The smallest absolute Gasteiger partial charge is 0.337 e. The van der Waals surface area contributed by atoms with E-state index in [-0.39, 0.29) is 5.57 Å². The van der Waals surface area contributed by atoms with Crippen LogP contribution in [0.25, 0.3) is 0 Å². The van der Waals surface area contributed by atoms with Crippen LogP contribution in [-0.4, -0.2) is 17.3 Å². The molecule has 92 valence electrons. The number of nitrogens with one attached hydrogen (secondary N) is 1. The number of carboxylic acids is 1. The molecule has 0 atom stereocenters. The molecule has 0 amide bonds. The molecule has 0 aromatic heterocycles. The first kappa shape index (κ1) is 12.1. The highest BCUT2D eigenvalue weighted by Gasteiger charge is 2.13. The predicted molar refractivity (Wildman–Crippen MR) is 70.2 cm³/mol. The third-order valence-electron chi connectivity index (χ3n) is 2.61. The molecule has 1 aliphatic carbocycles. The van der Waals surface area contributed by atoms with Gasteiger partial charge in [-0.25, -0.2) is 4.79 Å². The number of aliphatic carboxylic acids is 1. The van der Waals surface area contributed by atoms with Crippen molar-refractivity contribution in [2.45, 2.75) is 12.8 Å². The van der Waals surface area contributed by atoms with Crippen molar-refractivity contribution in [1.29, 1.82) is 0 Å². The highest BCUT2D eigenvalue weighted by molar-refractivity contribution is 5.91. The maximum absolute atomic E-state index is 11.0. The molecular weight excluding hydrogens is 228 g/mol. The molecular formula is C14H14N2O2. The third-order valence-corrected chi connectivity index (χ3v) is 2.61. The van der Waals surface area contributed by atoms with E-state index in [4.69, 9.17) is 5.11 Å².